The topological polar surface area (TPSA) is 194 Å². The Bertz CT molecular complexity index is 2390. The lowest BCUT2D eigenvalue weighted by molar-refractivity contribution is -0.142. The Morgan fingerprint density at radius 3 is 2.52 bits per heavy atom. The number of aromatic nitrogens is 3. The maximum Gasteiger partial charge on any atom is 0.408 e. The number of likely N-dealkylation sites (tertiary alicyclic amines) is 1. The molecule has 1 aliphatic heterocycles. The summed E-state index contributed by atoms with van der Waals surface area (Å²) < 4.78 is 32.3. The van der Waals surface area contributed by atoms with E-state index < -0.39 is 60.1 Å². The maximum absolute atomic E-state index is 14.9. The number of carbonyl (C=O) groups is 3. The van der Waals surface area contributed by atoms with Crippen molar-refractivity contribution in [2.45, 2.75) is 115 Å². The SMILES string of the molecule is C=C[C@@H]1C[C@]1(NC(=O)[C@@H]1C[C@@H](Oc2cc(-c3csc(NC(C)C)n3)nc3cc(OC)ccc23)CN1C(=O)C(NC(=O)OC1CCCC1)C(C)(C)C)P(=O)(O)Cc1cccc(Cl)n1. The molecule has 6 atom stereocenters. The van der Waals surface area contributed by atoms with Gasteiger partial charge in [-0.2, -0.15) is 0 Å². The van der Waals surface area contributed by atoms with Crippen molar-refractivity contribution in [1.29, 1.82) is 0 Å². The van der Waals surface area contributed by atoms with Gasteiger partial charge in [-0.05, 0) is 75.6 Å². The first-order chi connectivity index (χ1) is 29.4. The van der Waals surface area contributed by atoms with Crippen molar-refractivity contribution in [3.8, 4) is 22.9 Å². The second-order valence-electron chi connectivity index (χ2n) is 17.7. The molecule has 2 aliphatic carbocycles. The predicted octanol–water partition coefficient (Wildman–Crippen LogP) is 8.16. The fourth-order valence-corrected chi connectivity index (χ4v) is 11.6. The summed E-state index contributed by atoms with van der Waals surface area (Å²) in [5, 5.41) is 11.0. The minimum absolute atomic E-state index is 0.0236. The van der Waals surface area contributed by atoms with Crippen LogP contribution >= 0.6 is 30.3 Å². The predicted molar refractivity (Wildman–Crippen MR) is 240 cm³/mol. The maximum atomic E-state index is 14.9. The molecule has 1 saturated heterocycles. The highest BCUT2D eigenvalue weighted by Gasteiger charge is 2.66. The van der Waals surface area contributed by atoms with Crippen molar-refractivity contribution >= 4 is 64.2 Å². The average Bonchev–Trinajstić information content (AvgIpc) is 3.60. The van der Waals surface area contributed by atoms with Crippen molar-refractivity contribution in [3.05, 3.63) is 71.3 Å². The van der Waals surface area contributed by atoms with E-state index in [1.807, 2.05) is 46.1 Å². The average molecular weight is 908 g/mol. The van der Waals surface area contributed by atoms with Gasteiger partial charge >= 0.3 is 6.09 Å². The summed E-state index contributed by atoms with van der Waals surface area (Å²) in [6.07, 6.45) is 3.13. The van der Waals surface area contributed by atoms with Gasteiger partial charge in [0.2, 0.25) is 19.2 Å². The summed E-state index contributed by atoms with van der Waals surface area (Å²) in [6.45, 7) is 13.4. The van der Waals surface area contributed by atoms with E-state index >= 15 is 0 Å². The van der Waals surface area contributed by atoms with Crippen LogP contribution in [-0.4, -0.2) is 91.9 Å². The van der Waals surface area contributed by atoms with Gasteiger partial charge in [0.05, 0.1) is 36.7 Å². The van der Waals surface area contributed by atoms with Crippen LogP contribution in [0.15, 0.2) is 60.5 Å². The first-order valence-corrected chi connectivity index (χ1v) is 24.0. The van der Waals surface area contributed by atoms with Crippen LogP contribution in [0.2, 0.25) is 5.15 Å². The van der Waals surface area contributed by atoms with Crippen LogP contribution in [0.1, 0.15) is 78.8 Å². The Morgan fingerprint density at radius 2 is 1.85 bits per heavy atom. The van der Waals surface area contributed by atoms with E-state index in [1.54, 1.807) is 49.6 Å². The molecule has 2 unspecified atom stereocenters. The molecule has 3 aromatic heterocycles. The second-order valence-corrected chi connectivity index (χ2v) is 21.5. The number of amides is 3. The molecule has 3 amide bonds. The van der Waals surface area contributed by atoms with E-state index in [-0.39, 0.29) is 42.8 Å². The smallest absolute Gasteiger partial charge is 0.408 e. The van der Waals surface area contributed by atoms with Crippen molar-refractivity contribution in [3.63, 3.8) is 0 Å². The van der Waals surface area contributed by atoms with E-state index in [1.165, 1.54) is 16.2 Å². The molecule has 332 valence electrons. The Morgan fingerprint density at radius 1 is 1.10 bits per heavy atom. The molecule has 0 spiro atoms. The van der Waals surface area contributed by atoms with Crippen molar-refractivity contribution in [1.82, 2.24) is 30.5 Å². The highest BCUT2D eigenvalue weighted by atomic mass is 35.5. The standard InChI is InChI=1S/C44H55ClN7O8PS/c1-8-26-21-44(26,61(56,57)23-27-12-11-15-37(45)47-27)51-39(53)35-19-30(22-52(35)40(54)38(43(4,5)6)50-42(55)60-28-13-9-10-14-28)59-36-20-33(34-24-62-41(49-34)46-25(2)3)48-32-18-29(58-7)16-17-31(32)36/h8,11-12,15-18,20,24-26,28,30,35,38H,1,9-10,13-14,19,21-23H2,2-7H3,(H,46,49)(H,50,55)(H,51,53)(H,56,57)/t26-,30-,35+,38?,44+/m1/s1. The van der Waals surface area contributed by atoms with Crippen LogP contribution < -0.4 is 25.4 Å². The highest BCUT2D eigenvalue weighted by molar-refractivity contribution is 7.59. The highest BCUT2D eigenvalue weighted by Crippen LogP contribution is 2.70. The van der Waals surface area contributed by atoms with Crippen molar-refractivity contribution < 1.29 is 38.1 Å². The van der Waals surface area contributed by atoms with E-state index in [0.29, 0.717) is 39.5 Å². The summed E-state index contributed by atoms with van der Waals surface area (Å²) in [4.78, 5) is 69.9. The lowest BCUT2D eigenvalue weighted by Gasteiger charge is -2.36. The molecule has 18 heteroatoms. The number of hydrogen-bond acceptors (Lipinski definition) is 12. The fourth-order valence-electron chi connectivity index (χ4n) is 8.30. The minimum Gasteiger partial charge on any atom is -0.497 e. The number of hydrogen-bond donors (Lipinski definition) is 4. The molecule has 2 saturated carbocycles. The van der Waals surface area contributed by atoms with Crippen LogP contribution in [0.3, 0.4) is 0 Å². The zero-order valence-electron chi connectivity index (χ0n) is 35.9. The molecule has 3 aliphatic rings. The van der Waals surface area contributed by atoms with Crippen molar-refractivity contribution in [2.75, 3.05) is 19.0 Å². The zero-order chi connectivity index (χ0) is 44.6. The molecule has 15 nitrogen and oxygen atoms in total. The zero-order valence-corrected chi connectivity index (χ0v) is 38.3. The van der Waals surface area contributed by atoms with Gasteiger partial charge < -0.3 is 40.0 Å². The third-order valence-electron chi connectivity index (χ3n) is 11.6. The number of halogens is 1. The Hall–Kier alpha value is -4.76. The van der Waals surface area contributed by atoms with Gasteiger partial charge in [0.15, 0.2) is 5.13 Å². The summed E-state index contributed by atoms with van der Waals surface area (Å²) in [5.41, 5.74) is 1.25. The molecule has 1 aromatic carbocycles. The summed E-state index contributed by atoms with van der Waals surface area (Å²) in [6, 6.07) is 9.96. The molecular weight excluding hydrogens is 853 g/mol. The molecule has 4 aromatic rings. The lowest BCUT2D eigenvalue weighted by Crippen LogP contribution is -2.58. The third-order valence-corrected chi connectivity index (χ3v) is 15.2. The van der Waals surface area contributed by atoms with Gasteiger partial charge in [0.1, 0.15) is 51.9 Å². The molecule has 0 radical (unpaired) electrons. The monoisotopic (exact) mass is 907 g/mol. The van der Waals surface area contributed by atoms with Gasteiger partial charge in [-0.15, -0.1) is 17.9 Å². The van der Waals surface area contributed by atoms with Crippen LogP contribution in [0.25, 0.3) is 22.3 Å². The van der Waals surface area contributed by atoms with Gasteiger partial charge in [-0.1, -0.05) is 44.5 Å². The Labute approximate surface area is 370 Å². The number of pyridine rings is 2. The first kappa shape index (κ1) is 45.3. The number of carbonyl (C=O) groups excluding carboxylic acids is 3. The number of nitrogens with zero attached hydrogens (tertiary/aromatic N) is 4. The third kappa shape index (κ3) is 9.88. The molecule has 4 N–H and O–H groups in total. The number of fused-ring (bicyclic) bond motifs is 1. The van der Waals surface area contributed by atoms with E-state index in [2.05, 4.69) is 27.5 Å². The van der Waals surface area contributed by atoms with Crippen molar-refractivity contribution in [2.24, 2.45) is 11.3 Å². The van der Waals surface area contributed by atoms with Gasteiger partial charge in [0.25, 0.3) is 0 Å². The van der Waals surface area contributed by atoms with Crippen LogP contribution in [0, 0.1) is 11.3 Å². The number of anilines is 1. The normalized spacial score (nSPS) is 22.8. The quantitative estimate of drug-likeness (QED) is 0.0509. The van der Waals surface area contributed by atoms with Gasteiger partial charge in [-0.25, -0.2) is 19.7 Å². The Kier molecular flexibility index (Phi) is 13.3. The second kappa shape index (κ2) is 18.1. The van der Waals surface area contributed by atoms with Crippen LogP contribution in [-0.2, 0) is 25.1 Å². The minimum atomic E-state index is -4.22. The molecule has 3 fully saturated rings. The summed E-state index contributed by atoms with van der Waals surface area (Å²) in [7, 11) is -2.65. The van der Waals surface area contributed by atoms with E-state index in [9.17, 15) is 23.8 Å². The number of rotatable bonds is 15. The number of thiazole rings is 1. The van der Waals surface area contributed by atoms with Gasteiger partial charge in [0, 0.05) is 41.3 Å². The molecular formula is C44H55ClN7O8PS. The first-order valence-electron chi connectivity index (χ1n) is 20.9. The summed E-state index contributed by atoms with van der Waals surface area (Å²) in [5.74, 6) is -0.642. The number of ether oxygens (including phenoxy) is 3. The number of alkyl carbamates (subject to hydrolysis) is 1. The van der Waals surface area contributed by atoms with E-state index in [0.717, 1.165) is 30.8 Å². The molecule has 62 heavy (non-hydrogen) atoms. The fraction of sp³-hybridized carbons (Fsp3) is 0.500. The molecule has 4 heterocycles. The largest absolute Gasteiger partial charge is 0.497 e. The summed E-state index contributed by atoms with van der Waals surface area (Å²) >= 11 is 7.57. The molecule has 7 rings (SSSR count). The lowest BCUT2D eigenvalue weighted by atomic mass is 9.85. The van der Waals surface area contributed by atoms with Gasteiger partial charge in [-0.3, -0.25) is 14.2 Å². The Balaban J connectivity index is 1.22. The number of methoxy groups -OCH3 is 1. The van der Waals surface area contributed by atoms with Crippen LogP contribution in [0.5, 0.6) is 11.5 Å². The number of benzene rings is 1. The van der Waals surface area contributed by atoms with E-state index in [4.69, 9.17) is 35.8 Å². The van der Waals surface area contributed by atoms with Crippen LogP contribution in [0.4, 0.5) is 9.93 Å². The number of nitrogens with one attached hydrogen (secondary N) is 3. The molecule has 0 bridgehead atoms.